The second-order valence-electron chi connectivity index (χ2n) is 4.98. The molecule has 2 rings (SSSR count). The zero-order valence-electron chi connectivity index (χ0n) is 13.9. The predicted octanol–water partition coefficient (Wildman–Crippen LogP) is 2.37. The summed E-state index contributed by atoms with van der Waals surface area (Å²) in [6, 6.07) is 12.1. The SMILES string of the molecule is CCOc1ccccc1N(CC(=O)O)S(=O)(=O)c1ccc(OC)cc1. The maximum atomic E-state index is 13.0. The second-order valence-corrected chi connectivity index (χ2v) is 6.84. The quantitative estimate of drug-likeness (QED) is 0.772. The van der Waals surface area contributed by atoms with E-state index in [0.717, 1.165) is 4.31 Å². The minimum atomic E-state index is -4.10. The van der Waals surface area contributed by atoms with Crippen LogP contribution in [0.1, 0.15) is 6.92 Å². The molecule has 2 aromatic carbocycles. The molecule has 8 heteroatoms. The summed E-state index contributed by atoms with van der Waals surface area (Å²) in [6.45, 7) is 1.36. The van der Waals surface area contributed by atoms with Crippen molar-refractivity contribution in [2.45, 2.75) is 11.8 Å². The number of carboxylic acid groups (broad SMARTS) is 1. The van der Waals surface area contributed by atoms with Crippen LogP contribution in [0.25, 0.3) is 0 Å². The Labute approximate surface area is 146 Å². The highest BCUT2D eigenvalue weighted by Crippen LogP contribution is 2.32. The molecular weight excluding hydrogens is 346 g/mol. The van der Waals surface area contributed by atoms with Gasteiger partial charge in [-0.05, 0) is 43.3 Å². The number of nitrogens with zero attached hydrogens (tertiary/aromatic N) is 1. The highest BCUT2D eigenvalue weighted by Gasteiger charge is 2.29. The highest BCUT2D eigenvalue weighted by atomic mass is 32.2. The van der Waals surface area contributed by atoms with Gasteiger partial charge in [0.25, 0.3) is 10.0 Å². The van der Waals surface area contributed by atoms with E-state index >= 15 is 0 Å². The van der Waals surface area contributed by atoms with Crippen molar-refractivity contribution in [3.8, 4) is 11.5 Å². The summed E-state index contributed by atoms with van der Waals surface area (Å²) in [5.41, 5.74) is 0.169. The zero-order chi connectivity index (χ0) is 18.4. The third kappa shape index (κ3) is 4.21. The van der Waals surface area contributed by atoms with Crippen LogP contribution in [-0.2, 0) is 14.8 Å². The Morgan fingerprint density at radius 3 is 2.32 bits per heavy atom. The van der Waals surface area contributed by atoms with E-state index in [1.807, 2.05) is 0 Å². The number of methoxy groups -OCH3 is 1. The van der Waals surface area contributed by atoms with Crippen LogP contribution in [0.2, 0.25) is 0 Å². The fourth-order valence-electron chi connectivity index (χ4n) is 2.24. The van der Waals surface area contributed by atoms with Crippen molar-refractivity contribution >= 4 is 21.7 Å². The van der Waals surface area contributed by atoms with Gasteiger partial charge in [0, 0.05) is 0 Å². The van der Waals surface area contributed by atoms with Gasteiger partial charge in [-0.3, -0.25) is 9.10 Å². The van der Waals surface area contributed by atoms with Crippen LogP contribution in [0.15, 0.2) is 53.4 Å². The van der Waals surface area contributed by atoms with Crippen LogP contribution in [0.3, 0.4) is 0 Å². The van der Waals surface area contributed by atoms with Gasteiger partial charge in [0.2, 0.25) is 0 Å². The van der Waals surface area contributed by atoms with Crippen LogP contribution >= 0.6 is 0 Å². The Bertz CT molecular complexity index is 832. The Balaban J connectivity index is 2.54. The molecular formula is C17H19NO6S. The maximum absolute atomic E-state index is 13.0. The lowest BCUT2D eigenvalue weighted by atomic mass is 10.3. The van der Waals surface area contributed by atoms with Gasteiger partial charge in [-0.25, -0.2) is 8.42 Å². The molecule has 0 amide bonds. The van der Waals surface area contributed by atoms with E-state index < -0.39 is 22.5 Å². The number of hydrogen-bond donors (Lipinski definition) is 1. The van der Waals surface area contributed by atoms with Gasteiger partial charge >= 0.3 is 5.97 Å². The van der Waals surface area contributed by atoms with Gasteiger partial charge in [-0.1, -0.05) is 12.1 Å². The molecule has 0 aliphatic rings. The number of rotatable bonds is 8. The zero-order valence-corrected chi connectivity index (χ0v) is 14.7. The predicted molar refractivity (Wildman–Crippen MR) is 92.8 cm³/mol. The van der Waals surface area contributed by atoms with Crippen molar-refractivity contribution in [2.24, 2.45) is 0 Å². The average Bonchev–Trinajstić information content (AvgIpc) is 2.60. The monoisotopic (exact) mass is 365 g/mol. The van der Waals surface area contributed by atoms with Gasteiger partial charge in [0.1, 0.15) is 18.0 Å². The molecule has 0 fully saturated rings. The molecule has 0 saturated carbocycles. The molecule has 7 nitrogen and oxygen atoms in total. The minimum Gasteiger partial charge on any atom is -0.497 e. The second kappa shape index (κ2) is 7.89. The van der Waals surface area contributed by atoms with E-state index in [1.165, 1.54) is 37.4 Å². The molecule has 0 unspecified atom stereocenters. The van der Waals surface area contributed by atoms with E-state index in [4.69, 9.17) is 9.47 Å². The topological polar surface area (TPSA) is 93.1 Å². The van der Waals surface area contributed by atoms with E-state index in [2.05, 4.69) is 0 Å². The molecule has 0 heterocycles. The van der Waals surface area contributed by atoms with Gasteiger partial charge in [0.15, 0.2) is 0 Å². The number of carbonyl (C=O) groups is 1. The fraction of sp³-hybridized carbons (Fsp3) is 0.235. The van der Waals surface area contributed by atoms with Gasteiger partial charge < -0.3 is 14.6 Å². The van der Waals surface area contributed by atoms with Crippen molar-refractivity contribution in [1.82, 2.24) is 0 Å². The van der Waals surface area contributed by atoms with Gasteiger partial charge in [-0.15, -0.1) is 0 Å². The minimum absolute atomic E-state index is 0.0409. The molecule has 0 spiro atoms. The Hall–Kier alpha value is -2.74. The van der Waals surface area contributed by atoms with Gasteiger partial charge in [0.05, 0.1) is 24.3 Å². The van der Waals surface area contributed by atoms with Crippen LogP contribution in [0.4, 0.5) is 5.69 Å². The Kier molecular flexibility index (Phi) is 5.87. The molecule has 1 N–H and O–H groups in total. The Morgan fingerprint density at radius 1 is 1.12 bits per heavy atom. The maximum Gasteiger partial charge on any atom is 0.324 e. The summed E-state index contributed by atoms with van der Waals surface area (Å²) in [5, 5.41) is 9.19. The normalized spacial score (nSPS) is 11.0. The lowest BCUT2D eigenvalue weighted by Gasteiger charge is -2.24. The summed E-state index contributed by atoms with van der Waals surface area (Å²) in [5.74, 6) is -0.481. The fourth-order valence-corrected chi connectivity index (χ4v) is 3.66. The molecule has 0 radical (unpaired) electrons. The highest BCUT2D eigenvalue weighted by molar-refractivity contribution is 7.92. The first kappa shape index (κ1) is 18.6. The molecule has 2 aromatic rings. The van der Waals surface area contributed by atoms with Crippen molar-refractivity contribution in [1.29, 1.82) is 0 Å². The van der Waals surface area contributed by atoms with Crippen molar-refractivity contribution < 1.29 is 27.8 Å². The summed E-state index contributed by atoms with van der Waals surface area (Å²) in [7, 11) is -2.63. The first-order chi connectivity index (χ1) is 11.9. The van der Waals surface area contributed by atoms with Crippen LogP contribution in [0.5, 0.6) is 11.5 Å². The standard InChI is InChI=1S/C17H19NO6S/c1-3-24-16-7-5-4-6-15(16)18(12-17(19)20)25(21,22)14-10-8-13(23-2)9-11-14/h4-11H,3,12H2,1-2H3,(H,19,20). The molecule has 0 bridgehead atoms. The van der Waals surface area contributed by atoms with Crippen LogP contribution < -0.4 is 13.8 Å². The molecule has 0 aromatic heterocycles. The van der Waals surface area contributed by atoms with E-state index in [1.54, 1.807) is 25.1 Å². The number of carboxylic acids is 1. The largest absolute Gasteiger partial charge is 0.497 e. The van der Waals surface area contributed by atoms with Crippen LogP contribution in [0, 0.1) is 0 Å². The third-order valence-corrected chi connectivity index (χ3v) is 5.13. The first-order valence-electron chi connectivity index (χ1n) is 7.50. The van der Waals surface area contributed by atoms with Crippen molar-refractivity contribution in [3.63, 3.8) is 0 Å². The van der Waals surface area contributed by atoms with Crippen molar-refractivity contribution in [3.05, 3.63) is 48.5 Å². The molecule has 0 saturated heterocycles. The molecule has 25 heavy (non-hydrogen) atoms. The van der Waals surface area contributed by atoms with Crippen molar-refractivity contribution in [2.75, 3.05) is 24.6 Å². The molecule has 0 aliphatic heterocycles. The lowest BCUT2D eigenvalue weighted by Crippen LogP contribution is -2.36. The number of para-hydroxylation sites is 2. The molecule has 0 aliphatic carbocycles. The summed E-state index contributed by atoms with van der Waals surface area (Å²) in [6.07, 6.45) is 0. The average molecular weight is 365 g/mol. The number of aliphatic carboxylic acids is 1. The summed E-state index contributed by atoms with van der Waals surface area (Å²) < 4.78 is 37.3. The summed E-state index contributed by atoms with van der Waals surface area (Å²) >= 11 is 0. The number of anilines is 1. The number of ether oxygens (including phenoxy) is 2. The smallest absolute Gasteiger partial charge is 0.324 e. The third-order valence-electron chi connectivity index (χ3n) is 3.36. The van der Waals surface area contributed by atoms with E-state index in [-0.39, 0.29) is 10.6 Å². The lowest BCUT2D eigenvalue weighted by molar-refractivity contribution is -0.135. The first-order valence-corrected chi connectivity index (χ1v) is 8.94. The molecule has 134 valence electrons. The van der Waals surface area contributed by atoms with Crippen LogP contribution in [-0.4, -0.2) is 39.8 Å². The van der Waals surface area contributed by atoms with Gasteiger partial charge in [-0.2, -0.15) is 0 Å². The Morgan fingerprint density at radius 2 is 1.76 bits per heavy atom. The number of benzene rings is 2. The van der Waals surface area contributed by atoms with E-state index in [0.29, 0.717) is 18.1 Å². The number of sulfonamides is 1. The molecule has 0 atom stereocenters. The van der Waals surface area contributed by atoms with E-state index in [9.17, 15) is 18.3 Å². The number of hydrogen-bond acceptors (Lipinski definition) is 5. The summed E-state index contributed by atoms with van der Waals surface area (Å²) in [4.78, 5) is 11.2.